The minimum Gasteiger partial charge on any atom is -0.0928 e. The van der Waals surface area contributed by atoms with Gasteiger partial charge >= 0.3 is 0 Å². The van der Waals surface area contributed by atoms with Crippen LogP contribution in [0.25, 0.3) is 0 Å². The third-order valence-electron chi connectivity index (χ3n) is 3.99. The highest BCUT2D eigenvalue weighted by Gasteiger charge is 1.94. The van der Waals surface area contributed by atoms with E-state index in [1.807, 2.05) is 0 Å². The van der Waals surface area contributed by atoms with E-state index in [1.165, 1.54) is 108 Å². The molecule has 0 bridgehead atoms. The van der Waals surface area contributed by atoms with Crippen LogP contribution in [0.1, 0.15) is 110 Å². The largest absolute Gasteiger partial charge is 0.0928 e. The minimum atomic E-state index is 0. The molecule has 20 heavy (non-hydrogen) atoms. The van der Waals surface area contributed by atoms with Gasteiger partial charge in [-0.3, -0.25) is 0 Å². The van der Waals surface area contributed by atoms with Gasteiger partial charge in [-0.2, -0.15) is 0 Å². The second-order valence-electron chi connectivity index (χ2n) is 5.99. The van der Waals surface area contributed by atoms with Gasteiger partial charge in [0.25, 0.3) is 0 Å². The zero-order valence-electron chi connectivity index (χ0n) is 14.1. The fourth-order valence-corrected chi connectivity index (χ4v) is 3.04. The molecule has 0 aromatic rings. The smallest absolute Gasteiger partial charge is 0.00313 e. The normalized spacial score (nSPS) is 10.5. The summed E-state index contributed by atoms with van der Waals surface area (Å²) in [7, 11) is 0. The molecule has 0 saturated carbocycles. The molecule has 0 unspecified atom stereocenters. The lowest BCUT2D eigenvalue weighted by Gasteiger charge is -2.03. The molecular formula is C18H37BrMg. The van der Waals surface area contributed by atoms with Crippen molar-refractivity contribution in [2.24, 2.45) is 0 Å². The van der Waals surface area contributed by atoms with Gasteiger partial charge in [-0.1, -0.05) is 119 Å². The Kier molecular flexibility index (Phi) is 26.5. The van der Waals surface area contributed by atoms with Crippen LogP contribution in [0.5, 0.6) is 0 Å². The van der Waals surface area contributed by atoms with Crippen molar-refractivity contribution in [3.8, 4) is 0 Å². The Morgan fingerprint density at radius 1 is 0.450 bits per heavy atom. The van der Waals surface area contributed by atoms with Crippen LogP contribution in [-0.4, -0.2) is 28.4 Å². The molecule has 0 aromatic carbocycles. The van der Waals surface area contributed by atoms with E-state index in [-0.39, 0.29) is 23.1 Å². The Morgan fingerprint density at radius 3 is 0.950 bits per heavy atom. The van der Waals surface area contributed by atoms with Crippen molar-refractivity contribution in [1.29, 1.82) is 0 Å². The first-order chi connectivity index (χ1) is 9.41. The number of halogens is 1. The average molecular weight is 358 g/mol. The molecule has 0 aliphatic heterocycles. The molecule has 0 rings (SSSR count). The van der Waals surface area contributed by atoms with Gasteiger partial charge in [-0.15, -0.1) is 0 Å². The van der Waals surface area contributed by atoms with Crippen molar-refractivity contribution >= 4 is 39.0 Å². The quantitative estimate of drug-likeness (QED) is 0.155. The molecule has 118 valence electrons. The Bertz CT molecular complexity index is 134. The van der Waals surface area contributed by atoms with E-state index in [4.69, 9.17) is 0 Å². The van der Waals surface area contributed by atoms with Crippen LogP contribution in [0.15, 0.2) is 0 Å². The van der Waals surface area contributed by atoms with Gasteiger partial charge in [0.1, 0.15) is 0 Å². The standard InChI is InChI=1S/C18H37Br.Mg/c1-2-3-4-5-6-7-8-9-10-11-12-13-14-15-16-17-18-19;/h2-18H2,1H3;. The van der Waals surface area contributed by atoms with E-state index < -0.39 is 0 Å². The van der Waals surface area contributed by atoms with Crippen LogP contribution in [0, 0.1) is 0 Å². The summed E-state index contributed by atoms with van der Waals surface area (Å²) in [6, 6.07) is 0. The zero-order valence-corrected chi connectivity index (χ0v) is 17.1. The Balaban J connectivity index is 0. The van der Waals surface area contributed by atoms with Gasteiger partial charge in [0, 0.05) is 28.4 Å². The monoisotopic (exact) mass is 356 g/mol. The molecule has 0 heterocycles. The highest BCUT2D eigenvalue weighted by Crippen LogP contribution is 2.13. The van der Waals surface area contributed by atoms with Crippen molar-refractivity contribution < 1.29 is 0 Å². The molecule has 0 saturated heterocycles. The molecule has 0 aliphatic rings. The van der Waals surface area contributed by atoms with E-state index in [0.29, 0.717) is 0 Å². The fraction of sp³-hybridized carbons (Fsp3) is 1.00. The van der Waals surface area contributed by atoms with Gasteiger partial charge in [0.2, 0.25) is 0 Å². The van der Waals surface area contributed by atoms with Crippen molar-refractivity contribution in [2.75, 3.05) is 5.33 Å². The molecule has 0 amide bonds. The van der Waals surface area contributed by atoms with Gasteiger partial charge in [0.15, 0.2) is 0 Å². The molecule has 0 aliphatic carbocycles. The molecule has 0 spiro atoms. The number of hydrogen-bond acceptors (Lipinski definition) is 0. The van der Waals surface area contributed by atoms with Crippen LogP contribution in [-0.2, 0) is 0 Å². The highest BCUT2D eigenvalue weighted by atomic mass is 79.9. The number of unbranched alkanes of at least 4 members (excludes halogenated alkanes) is 15. The maximum atomic E-state index is 3.49. The first-order valence-corrected chi connectivity index (χ1v) is 10.1. The van der Waals surface area contributed by atoms with E-state index in [1.54, 1.807) is 0 Å². The van der Waals surface area contributed by atoms with Crippen molar-refractivity contribution in [2.45, 2.75) is 110 Å². The summed E-state index contributed by atoms with van der Waals surface area (Å²) in [5.74, 6) is 0. The number of hydrogen-bond donors (Lipinski definition) is 0. The summed E-state index contributed by atoms with van der Waals surface area (Å²) < 4.78 is 0. The predicted molar refractivity (Wildman–Crippen MR) is 99.1 cm³/mol. The lowest BCUT2D eigenvalue weighted by atomic mass is 10.0. The molecule has 2 radical (unpaired) electrons. The average Bonchev–Trinajstić information content (AvgIpc) is 2.43. The van der Waals surface area contributed by atoms with E-state index in [2.05, 4.69) is 22.9 Å². The highest BCUT2D eigenvalue weighted by molar-refractivity contribution is 9.09. The van der Waals surface area contributed by atoms with Crippen molar-refractivity contribution in [1.82, 2.24) is 0 Å². The Morgan fingerprint density at radius 2 is 0.700 bits per heavy atom. The van der Waals surface area contributed by atoms with Gasteiger partial charge in [-0.25, -0.2) is 0 Å². The van der Waals surface area contributed by atoms with E-state index in [9.17, 15) is 0 Å². The molecule has 0 aromatic heterocycles. The molecular weight excluding hydrogens is 320 g/mol. The fourth-order valence-electron chi connectivity index (χ4n) is 2.64. The van der Waals surface area contributed by atoms with Gasteiger partial charge < -0.3 is 0 Å². The SMILES string of the molecule is CCCCCCCCCCCCCCCCCCBr.[Mg]. The van der Waals surface area contributed by atoms with Crippen LogP contribution < -0.4 is 0 Å². The summed E-state index contributed by atoms with van der Waals surface area (Å²) in [5.41, 5.74) is 0. The second-order valence-corrected chi connectivity index (χ2v) is 6.79. The summed E-state index contributed by atoms with van der Waals surface area (Å²) >= 11 is 3.49. The van der Waals surface area contributed by atoms with Crippen LogP contribution in [0.4, 0.5) is 0 Å². The lowest BCUT2D eigenvalue weighted by Crippen LogP contribution is -1.83. The summed E-state index contributed by atoms with van der Waals surface area (Å²) in [5, 5.41) is 1.19. The Hall–Kier alpha value is 1.25. The zero-order chi connectivity index (χ0) is 14.0. The molecule has 0 atom stereocenters. The number of rotatable bonds is 16. The topological polar surface area (TPSA) is 0 Å². The van der Waals surface area contributed by atoms with Crippen LogP contribution >= 0.6 is 15.9 Å². The van der Waals surface area contributed by atoms with Gasteiger partial charge in [-0.05, 0) is 6.42 Å². The first-order valence-electron chi connectivity index (χ1n) is 8.97. The van der Waals surface area contributed by atoms with Crippen molar-refractivity contribution in [3.05, 3.63) is 0 Å². The minimum absolute atomic E-state index is 0. The molecule has 2 heteroatoms. The van der Waals surface area contributed by atoms with Gasteiger partial charge in [0.05, 0.1) is 0 Å². The maximum absolute atomic E-state index is 3.49. The van der Waals surface area contributed by atoms with Crippen molar-refractivity contribution in [3.63, 3.8) is 0 Å². The van der Waals surface area contributed by atoms with Crippen LogP contribution in [0.3, 0.4) is 0 Å². The molecule has 0 nitrogen and oxygen atoms in total. The Labute approximate surface area is 153 Å². The lowest BCUT2D eigenvalue weighted by molar-refractivity contribution is 0.532. The summed E-state index contributed by atoms with van der Waals surface area (Å²) in [6.07, 6.45) is 23.3. The third kappa shape index (κ3) is 21.5. The number of alkyl halides is 1. The third-order valence-corrected chi connectivity index (χ3v) is 4.55. The summed E-state index contributed by atoms with van der Waals surface area (Å²) in [6.45, 7) is 2.29. The predicted octanol–water partition coefficient (Wildman–Crippen LogP) is 7.26. The molecule has 0 fully saturated rings. The van der Waals surface area contributed by atoms with Crippen LogP contribution in [0.2, 0.25) is 0 Å². The maximum Gasteiger partial charge on any atom is 0.00313 e. The second kappa shape index (κ2) is 22.5. The first kappa shape index (κ1) is 23.5. The van der Waals surface area contributed by atoms with E-state index >= 15 is 0 Å². The summed E-state index contributed by atoms with van der Waals surface area (Å²) in [4.78, 5) is 0. The molecule has 0 N–H and O–H groups in total. The van der Waals surface area contributed by atoms with E-state index in [0.717, 1.165) is 0 Å².